The molecule has 0 radical (unpaired) electrons. The van der Waals surface area contributed by atoms with E-state index >= 15 is 0 Å². The largest absolute Gasteiger partial charge is 0.481 e. The quantitative estimate of drug-likeness (QED) is 0.553. The lowest BCUT2D eigenvalue weighted by molar-refractivity contribution is -0.152. The maximum absolute atomic E-state index is 11.6. The lowest BCUT2D eigenvalue weighted by Gasteiger charge is -2.25. The van der Waals surface area contributed by atoms with Crippen LogP contribution in [0.15, 0.2) is 0 Å². The van der Waals surface area contributed by atoms with Crippen LogP contribution in [0, 0.1) is 5.41 Å². The summed E-state index contributed by atoms with van der Waals surface area (Å²) >= 11 is 0. The van der Waals surface area contributed by atoms with Crippen molar-refractivity contribution in [3.05, 3.63) is 0 Å². The lowest BCUT2D eigenvalue weighted by Crippen LogP contribution is -2.39. The molecule has 0 aliphatic rings. The molecule has 0 atom stereocenters. The molecule has 0 aromatic heterocycles. The number of carbonyl (C=O) groups is 3. The minimum Gasteiger partial charge on any atom is -0.481 e. The molecule has 3 N–H and O–H groups in total. The summed E-state index contributed by atoms with van der Waals surface area (Å²) in [5.74, 6) is -1.40. The van der Waals surface area contributed by atoms with E-state index in [1.54, 1.807) is 13.8 Å². The minimum atomic E-state index is -0.988. The number of nitrogens with one attached hydrogen (secondary N) is 2. The van der Waals surface area contributed by atoms with Gasteiger partial charge in [0.2, 0.25) is 11.8 Å². The summed E-state index contributed by atoms with van der Waals surface area (Å²) in [5, 5.41) is 14.3. The van der Waals surface area contributed by atoms with Crippen molar-refractivity contribution >= 4 is 17.8 Å². The van der Waals surface area contributed by atoms with Gasteiger partial charge >= 0.3 is 5.97 Å². The van der Waals surface area contributed by atoms with Crippen LogP contribution in [0.4, 0.5) is 0 Å². The van der Waals surface area contributed by atoms with Crippen molar-refractivity contribution in [1.82, 2.24) is 10.6 Å². The molecular formula is C12H22N2O4. The van der Waals surface area contributed by atoms with E-state index in [2.05, 4.69) is 10.6 Å². The van der Waals surface area contributed by atoms with Crippen LogP contribution in [0.1, 0.15) is 40.0 Å². The number of carboxylic acid groups (broad SMARTS) is 1. The Morgan fingerprint density at radius 2 is 1.56 bits per heavy atom. The molecule has 0 aromatic rings. The van der Waals surface area contributed by atoms with Crippen molar-refractivity contribution in [3.8, 4) is 0 Å². The number of hydrogen-bond acceptors (Lipinski definition) is 3. The summed E-state index contributed by atoms with van der Waals surface area (Å²) in [6.45, 7) is 5.58. The van der Waals surface area contributed by atoms with Gasteiger partial charge in [-0.15, -0.1) is 0 Å². The predicted molar refractivity (Wildman–Crippen MR) is 67.0 cm³/mol. The van der Waals surface area contributed by atoms with E-state index in [4.69, 9.17) is 0 Å². The normalized spacial score (nSPS) is 10.8. The zero-order valence-corrected chi connectivity index (χ0v) is 11.2. The average Bonchev–Trinajstić information content (AvgIpc) is 2.31. The fourth-order valence-electron chi connectivity index (χ4n) is 1.69. The summed E-state index contributed by atoms with van der Waals surface area (Å²) in [5.41, 5.74) is -0.988. The van der Waals surface area contributed by atoms with Gasteiger partial charge in [-0.1, -0.05) is 13.8 Å². The van der Waals surface area contributed by atoms with Gasteiger partial charge in [0, 0.05) is 26.4 Å². The van der Waals surface area contributed by atoms with Crippen molar-refractivity contribution in [2.75, 3.05) is 13.1 Å². The Balaban J connectivity index is 4.19. The topological polar surface area (TPSA) is 95.5 Å². The van der Waals surface area contributed by atoms with Gasteiger partial charge in [-0.3, -0.25) is 14.4 Å². The SMILES string of the molecule is CCC(CC)(CC(=O)NCCNC(C)=O)C(=O)O. The van der Waals surface area contributed by atoms with Crippen LogP contribution >= 0.6 is 0 Å². The van der Waals surface area contributed by atoms with Gasteiger partial charge in [0.05, 0.1) is 5.41 Å². The molecule has 0 bridgehead atoms. The Morgan fingerprint density at radius 1 is 1.06 bits per heavy atom. The summed E-state index contributed by atoms with van der Waals surface area (Å²) < 4.78 is 0. The van der Waals surface area contributed by atoms with E-state index in [1.165, 1.54) is 6.92 Å². The molecule has 0 heterocycles. The van der Waals surface area contributed by atoms with Crippen LogP contribution in [0.5, 0.6) is 0 Å². The predicted octanol–water partition coefficient (Wildman–Crippen LogP) is 0.520. The van der Waals surface area contributed by atoms with Crippen LogP contribution in [-0.4, -0.2) is 36.0 Å². The molecule has 0 aliphatic heterocycles. The first-order valence-corrected chi connectivity index (χ1v) is 6.12. The fourth-order valence-corrected chi connectivity index (χ4v) is 1.69. The zero-order chi connectivity index (χ0) is 14.2. The first kappa shape index (κ1) is 16.4. The van der Waals surface area contributed by atoms with E-state index in [-0.39, 0.29) is 18.2 Å². The molecule has 18 heavy (non-hydrogen) atoms. The number of carboxylic acids is 1. The average molecular weight is 258 g/mol. The van der Waals surface area contributed by atoms with Crippen LogP contribution in [-0.2, 0) is 14.4 Å². The van der Waals surface area contributed by atoms with Crippen LogP contribution in [0.25, 0.3) is 0 Å². The summed E-state index contributed by atoms with van der Waals surface area (Å²) in [6.07, 6.45) is 0.797. The summed E-state index contributed by atoms with van der Waals surface area (Å²) in [6, 6.07) is 0. The van der Waals surface area contributed by atoms with Gasteiger partial charge in [0.15, 0.2) is 0 Å². The molecule has 0 aromatic carbocycles. The number of carbonyl (C=O) groups excluding carboxylic acids is 2. The van der Waals surface area contributed by atoms with Gasteiger partial charge < -0.3 is 15.7 Å². The Morgan fingerprint density at radius 3 is 1.94 bits per heavy atom. The molecule has 0 saturated heterocycles. The molecule has 0 fully saturated rings. The monoisotopic (exact) mass is 258 g/mol. The number of rotatable bonds is 8. The van der Waals surface area contributed by atoms with Crippen LogP contribution in [0.3, 0.4) is 0 Å². The van der Waals surface area contributed by atoms with E-state index in [1.807, 2.05) is 0 Å². The Bertz CT molecular complexity index is 311. The third-order valence-electron chi connectivity index (χ3n) is 3.13. The number of aliphatic carboxylic acids is 1. The zero-order valence-electron chi connectivity index (χ0n) is 11.2. The molecule has 6 heteroatoms. The maximum Gasteiger partial charge on any atom is 0.310 e. The van der Waals surface area contributed by atoms with Gasteiger partial charge in [0.25, 0.3) is 0 Å². The Hall–Kier alpha value is -1.59. The third-order valence-corrected chi connectivity index (χ3v) is 3.13. The van der Waals surface area contributed by atoms with Gasteiger partial charge in [0.1, 0.15) is 0 Å². The second-order valence-corrected chi connectivity index (χ2v) is 4.30. The Labute approximate surface area is 107 Å². The number of amides is 2. The second-order valence-electron chi connectivity index (χ2n) is 4.30. The molecule has 0 saturated carbocycles. The smallest absolute Gasteiger partial charge is 0.310 e. The summed E-state index contributed by atoms with van der Waals surface area (Å²) in [4.78, 5) is 33.4. The van der Waals surface area contributed by atoms with Gasteiger partial charge in [-0.25, -0.2) is 0 Å². The van der Waals surface area contributed by atoms with Crippen molar-refractivity contribution in [2.45, 2.75) is 40.0 Å². The minimum absolute atomic E-state index is 0.0323. The van der Waals surface area contributed by atoms with Crippen molar-refractivity contribution in [3.63, 3.8) is 0 Å². The van der Waals surface area contributed by atoms with E-state index in [0.29, 0.717) is 25.9 Å². The highest BCUT2D eigenvalue weighted by Crippen LogP contribution is 2.30. The molecular weight excluding hydrogens is 236 g/mol. The highest BCUT2D eigenvalue weighted by molar-refractivity contribution is 5.84. The molecule has 0 aliphatic carbocycles. The van der Waals surface area contributed by atoms with Crippen LogP contribution < -0.4 is 10.6 Å². The van der Waals surface area contributed by atoms with E-state index in [9.17, 15) is 19.5 Å². The van der Waals surface area contributed by atoms with Crippen molar-refractivity contribution in [2.24, 2.45) is 5.41 Å². The van der Waals surface area contributed by atoms with Gasteiger partial charge in [-0.05, 0) is 12.8 Å². The highest BCUT2D eigenvalue weighted by Gasteiger charge is 2.36. The number of hydrogen-bond donors (Lipinski definition) is 3. The molecule has 104 valence electrons. The van der Waals surface area contributed by atoms with E-state index in [0.717, 1.165) is 0 Å². The lowest BCUT2D eigenvalue weighted by atomic mass is 9.79. The standard InChI is InChI=1S/C12H22N2O4/c1-4-12(5-2,11(17)18)8-10(16)14-7-6-13-9(3)15/h4-8H2,1-3H3,(H,13,15)(H,14,16)(H,17,18). The molecule has 0 spiro atoms. The van der Waals surface area contributed by atoms with Crippen molar-refractivity contribution < 1.29 is 19.5 Å². The molecule has 2 amide bonds. The first-order valence-electron chi connectivity index (χ1n) is 6.12. The first-order chi connectivity index (χ1) is 8.38. The third kappa shape index (κ3) is 5.16. The maximum atomic E-state index is 11.6. The summed E-state index contributed by atoms with van der Waals surface area (Å²) in [7, 11) is 0. The molecule has 6 nitrogen and oxygen atoms in total. The second kappa shape index (κ2) is 7.68. The van der Waals surface area contributed by atoms with E-state index < -0.39 is 11.4 Å². The molecule has 0 unspecified atom stereocenters. The van der Waals surface area contributed by atoms with Crippen molar-refractivity contribution in [1.29, 1.82) is 0 Å². The van der Waals surface area contributed by atoms with Crippen LogP contribution in [0.2, 0.25) is 0 Å². The molecule has 0 rings (SSSR count). The van der Waals surface area contributed by atoms with Gasteiger partial charge in [-0.2, -0.15) is 0 Å². The Kier molecular flexibility index (Phi) is 7.00. The highest BCUT2D eigenvalue weighted by atomic mass is 16.4. The fraction of sp³-hybridized carbons (Fsp3) is 0.750.